The maximum absolute atomic E-state index is 5.68. The molecule has 0 unspecified atom stereocenters. The number of benzene rings is 2. The van der Waals surface area contributed by atoms with Crippen molar-refractivity contribution in [3.05, 3.63) is 60.3 Å². The number of fused-ring (bicyclic) bond motifs is 1. The van der Waals surface area contributed by atoms with Crippen molar-refractivity contribution < 1.29 is 4.74 Å². The summed E-state index contributed by atoms with van der Waals surface area (Å²) in [6.07, 6.45) is 1.80. The molecule has 3 aromatic rings. The van der Waals surface area contributed by atoms with Crippen molar-refractivity contribution in [2.75, 3.05) is 12.4 Å². The average molecular weight is 279 g/mol. The number of nitrogens with zero attached hydrogens (tertiary/aromatic N) is 1. The smallest absolute Gasteiger partial charge is 0.138 e. The lowest BCUT2D eigenvalue weighted by Crippen LogP contribution is -1.99. The third-order valence-corrected chi connectivity index (χ3v) is 3.40. The standard InChI is InChI=1S/C17H17N3O/c1-21-15-6-5-13-7-8-19-17(16(13)10-15)20-14-4-2-3-12(9-14)11-18/h2-10H,11,18H2,1H3,(H,19,20). The second kappa shape index (κ2) is 5.81. The Hall–Kier alpha value is -2.59. The number of methoxy groups -OCH3 is 1. The summed E-state index contributed by atoms with van der Waals surface area (Å²) in [6, 6.07) is 16.0. The summed E-state index contributed by atoms with van der Waals surface area (Å²) in [5, 5.41) is 5.49. The molecular weight excluding hydrogens is 262 g/mol. The molecule has 0 saturated carbocycles. The molecule has 0 aliphatic rings. The summed E-state index contributed by atoms with van der Waals surface area (Å²) in [7, 11) is 1.66. The minimum Gasteiger partial charge on any atom is -0.497 e. The van der Waals surface area contributed by atoms with Gasteiger partial charge in [0.2, 0.25) is 0 Å². The van der Waals surface area contributed by atoms with E-state index in [0.717, 1.165) is 33.6 Å². The second-order valence-electron chi connectivity index (χ2n) is 4.78. The summed E-state index contributed by atoms with van der Waals surface area (Å²) in [4.78, 5) is 4.44. The lowest BCUT2D eigenvalue weighted by atomic mass is 10.1. The first kappa shape index (κ1) is 13.4. The highest BCUT2D eigenvalue weighted by atomic mass is 16.5. The van der Waals surface area contributed by atoms with E-state index in [1.54, 1.807) is 13.3 Å². The van der Waals surface area contributed by atoms with Gasteiger partial charge in [0.25, 0.3) is 0 Å². The number of nitrogens with two attached hydrogens (primary N) is 1. The zero-order valence-electron chi connectivity index (χ0n) is 11.8. The Bertz CT molecular complexity index is 771. The summed E-state index contributed by atoms with van der Waals surface area (Å²) in [6.45, 7) is 0.520. The van der Waals surface area contributed by atoms with E-state index in [9.17, 15) is 0 Å². The molecule has 0 spiro atoms. The highest BCUT2D eigenvalue weighted by Crippen LogP contribution is 2.28. The molecule has 0 aliphatic heterocycles. The number of ether oxygens (including phenoxy) is 1. The largest absolute Gasteiger partial charge is 0.497 e. The molecule has 0 amide bonds. The van der Waals surface area contributed by atoms with Gasteiger partial charge in [0.1, 0.15) is 11.6 Å². The van der Waals surface area contributed by atoms with Crippen LogP contribution in [0.2, 0.25) is 0 Å². The van der Waals surface area contributed by atoms with Crippen molar-refractivity contribution in [2.24, 2.45) is 5.73 Å². The Morgan fingerprint density at radius 2 is 2.05 bits per heavy atom. The van der Waals surface area contributed by atoms with Gasteiger partial charge in [-0.2, -0.15) is 0 Å². The van der Waals surface area contributed by atoms with Gasteiger partial charge in [-0.1, -0.05) is 18.2 Å². The van der Waals surface area contributed by atoms with Gasteiger partial charge in [-0.05, 0) is 41.3 Å². The molecule has 4 heteroatoms. The van der Waals surface area contributed by atoms with Gasteiger partial charge in [0, 0.05) is 23.8 Å². The van der Waals surface area contributed by atoms with Gasteiger partial charge in [-0.25, -0.2) is 4.98 Å². The van der Waals surface area contributed by atoms with Crippen molar-refractivity contribution in [2.45, 2.75) is 6.54 Å². The van der Waals surface area contributed by atoms with Crippen molar-refractivity contribution in [3.63, 3.8) is 0 Å². The number of rotatable bonds is 4. The fourth-order valence-electron chi connectivity index (χ4n) is 2.29. The zero-order valence-corrected chi connectivity index (χ0v) is 11.8. The van der Waals surface area contributed by atoms with E-state index in [2.05, 4.69) is 10.3 Å². The van der Waals surface area contributed by atoms with Crippen molar-refractivity contribution in [1.29, 1.82) is 0 Å². The highest BCUT2D eigenvalue weighted by molar-refractivity contribution is 5.94. The number of pyridine rings is 1. The minimum atomic E-state index is 0.520. The van der Waals surface area contributed by atoms with Crippen LogP contribution in [0.5, 0.6) is 5.75 Å². The van der Waals surface area contributed by atoms with Crippen LogP contribution in [0.15, 0.2) is 54.7 Å². The lowest BCUT2D eigenvalue weighted by Gasteiger charge is -2.10. The van der Waals surface area contributed by atoms with Crippen LogP contribution in [0, 0.1) is 0 Å². The van der Waals surface area contributed by atoms with E-state index in [1.807, 2.05) is 48.5 Å². The average Bonchev–Trinajstić information content (AvgIpc) is 2.55. The van der Waals surface area contributed by atoms with Gasteiger partial charge in [-0.3, -0.25) is 0 Å². The normalized spacial score (nSPS) is 10.6. The fourth-order valence-corrected chi connectivity index (χ4v) is 2.29. The minimum absolute atomic E-state index is 0.520. The van der Waals surface area contributed by atoms with Crippen molar-refractivity contribution in [3.8, 4) is 5.75 Å². The molecule has 0 fully saturated rings. The maximum Gasteiger partial charge on any atom is 0.138 e. The number of hydrogen-bond acceptors (Lipinski definition) is 4. The summed E-state index contributed by atoms with van der Waals surface area (Å²) in [5.74, 6) is 1.62. The van der Waals surface area contributed by atoms with E-state index >= 15 is 0 Å². The Morgan fingerprint density at radius 3 is 2.86 bits per heavy atom. The van der Waals surface area contributed by atoms with Crippen LogP contribution < -0.4 is 15.8 Å². The van der Waals surface area contributed by atoms with Crippen LogP contribution in [-0.2, 0) is 6.54 Å². The van der Waals surface area contributed by atoms with Crippen molar-refractivity contribution in [1.82, 2.24) is 4.98 Å². The maximum atomic E-state index is 5.68. The molecular formula is C17H17N3O. The number of nitrogens with one attached hydrogen (secondary N) is 1. The molecule has 4 nitrogen and oxygen atoms in total. The fraction of sp³-hybridized carbons (Fsp3) is 0.118. The zero-order chi connectivity index (χ0) is 14.7. The van der Waals surface area contributed by atoms with Gasteiger partial charge < -0.3 is 15.8 Å². The first-order valence-electron chi connectivity index (χ1n) is 6.79. The quantitative estimate of drug-likeness (QED) is 0.768. The SMILES string of the molecule is COc1ccc2ccnc(Nc3cccc(CN)c3)c2c1. The van der Waals surface area contributed by atoms with Crippen LogP contribution in [0.1, 0.15) is 5.56 Å². The molecule has 2 aromatic carbocycles. The third kappa shape index (κ3) is 2.80. The van der Waals surface area contributed by atoms with Crippen LogP contribution in [0.25, 0.3) is 10.8 Å². The first-order valence-corrected chi connectivity index (χ1v) is 6.79. The molecule has 106 valence electrons. The summed E-state index contributed by atoms with van der Waals surface area (Å²) < 4.78 is 5.29. The van der Waals surface area contributed by atoms with E-state index in [1.165, 1.54) is 0 Å². The monoisotopic (exact) mass is 279 g/mol. The van der Waals surface area contributed by atoms with Crippen LogP contribution in [0.3, 0.4) is 0 Å². The summed E-state index contributed by atoms with van der Waals surface area (Å²) in [5.41, 5.74) is 7.73. The molecule has 0 bridgehead atoms. The summed E-state index contributed by atoms with van der Waals surface area (Å²) >= 11 is 0. The van der Waals surface area contributed by atoms with Gasteiger partial charge >= 0.3 is 0 Å². The molecule has 0 aliphatic carbocycles. The molecule has 1 aromatic heterocycles. The van der Waals surface area contributed by atoms with Gasteiger partial charge in [0.05, 0.1) is 7.11 Å². The van der Waals surface area contributed by atoms with E-state index in [4.69, 9.17) is 10.5 Å². The predicted molar refractivity (Wildman–Crippen MR) is 85.9 cm³/mol. The van der Waals surface area contributed by atoms with Crippen LogP contribution in [0.4, 0.5) is 11.5 Å². The van der Waals surface area contributed by atoms with Gasteiger partial charge in [0.15, 0.2) is 0 Å². The molecule has 21 heavy (non-hydrogen) atoms. The van der Waals surface area contributed by atoms with E-state index in [0.29, 0.717) is 6.54 Å². The molecule has 0 atom stereocenters. The molecule has 0 saturated heterocycles. The van der Waals surface area contributed by atoms with Crippen LogP contribution in [-0.4, -0.2) is 12.1 Å². The second-order valence-corrected chi connectivity index (χ2v) is 4.78. The molecule has 1 heterocycles. The first-order chi connectivity index (χ1) is 10.3. The predicted octanol–water partition coefficient (Wildman–Crippen LogP) is 3.45. The third-order valence-electron chi connectivity index (χ3n) is 3.40. The highest BCUT2D eigenvalue weighted by Gasteiger charge is 2.05. The lowest BCUT2D eigenvalue weighted by molar-refractivity contribution is 0.415. The van der Waals surface area contributed by atoms with E-state index in [-0.39, 0.29) is 0 Å². The Labute approximate surface area is 123 Å². The topological polar surface area (TPSA) is 60.2 Å². The van der Waals surface area contributed by atoms with Crippen LogP contribution >= 0.6 is 0 Å². The number of anilines is 2. The number of aromatic nitrogens is 1. The molecule has 3 N–H and O–H groups in total. The Morgan fingerprint density at radius 1 is 1.14 bits per heavy atom. The Kier molecular flexibility index (Phi) is 3.71. The van der Waals surface area contributed by atoms with Gasteiger partial charge in [-0.15, -0.1) is 0 Å². The number of hydrogen-bond donors (Lipinski definition) is 2. The van der Waals surface area contributed by atoms with Crippen molar-refractivity contribution >= 4 is 22.3 Å². The molecule has 3 rings (SSSR count). The Balaban J connectivity index is 2.03. The molecule has 0 radical (unpaired) electrons. The van der Waals surface area contributed by atoms with E-state index < -0.39 is 0 Å².